The van der Waals surface area contributed by atoms with Crippen molar-refractivity contribution in [3.63, 3.8) is 0 Å². The molecule has 0 radical (unpaired) electrons. The lowest BCUT2D eigenvalue weighted by Crippen LogP contribution is -2.32. The Hall–Kier alpha value is -2.95. The second-order valence-electron chi connectivity index (χ2n) is 6.31. The van der Waals surface area contributed by atoms with Crippen molar-refractivity contribution in [2.24, 2.45) is 0 Å². The number of halogens is 1. The number of carbonyl (C=O) groups is 2. The zero-order chi connectivity index (χ0) is 19.1. The fourth-order valence-corrected chi connectivity index (χ4v) is 2.20. The zero-order valence-corrected chi connectivity index (χ0v) is 15.2. The quantitative estimate of drug-likeness (QED) is 0.805. The molecule has 0 bridgehead atoms. The van der Waals surface area contributed by atoms with Crippen LogP contribution in [0.4, 0.5) is 4.39 Å². The molecule has 5 heteroatoms. The average molecular weight is 354 g/mol. The highest BCUT2D eigenvalue weighted by Gasteiger charge is 2.13. The second kappa shape index (κ2) is 8.94. The van der Waals surface area contributed by atoms with E-state index in [1.807, 2.05) is 26.0 Å². The van der Waals surface area contributed by atoms with Crippen LogP contribution in [0.15, 0.2) is 54.6 Å². The Morgan fingerprint density at radius 3 is 2.27 bits per heavy atom. The molecule has 2 amide bonds. The van der Waals surface area contributed by atoms with Gasteiger partial charge in [0.15, 0.2) is 0 Å². The van der Waals surface area contributed by atoms with Crippen molar-refractivity contribution in [2.75, 3.05) is 7.05 Å². The average Bonchev–Trinajstić information content (AvgIpc) is 2.65. The minimum atomic E-state index is -0.312. The van der Waals surface area contributed by atoms with Crippen LogP contribution in [0.5, 0.6) is 0 Å². The van der Waals surface area contributed by atoms with Crippen LogP contribution in [0.1, 0.15) is 35.3 Å². The summed E-state index contributed by atoms with van der Waals surface area (Å²) in [4.78, 5) is 25.8. The molecule has 0 saturated heterocycles. The predicted molar refractivity (Wildman–Crippen MR) is 101 cm³/mol. The van der Waals surface area contributed by atoms with Gasteiger partial charge in [-0.05, 0) is 55.3 Å². The number of amides is 2. The van der Waals surface area contributed by atoms with Gasteiger partial charge in [0.05, 0.1) is 0 Å². The van der Waals surface area contributed by atoms with E-state index in [0.29, 0.717) is 12.1 Å². The molecule has 1 N–H and O–H groups in total. The van der Waals surface area contributed by atoms with Crippen LogP contribution in [-0.2, 0) is 11.3 Å². The van der Waals surface area contributed by atoms with Crippen LogP contribution >= 0.6 is 0 Å². The van der Waals surface area contributed by atoms with Crippen LogP contribution in [0.3, 0.4) is 0 Å². The normalized spacial score (nSPS) is 11.0. The van der Waals surface area contributed by atoms with Gasteiger partial charge in [-0.2, -0.15) is 0 Å². The van der Waals surface area contributed by atoms with Crippen molar-refractivity contribution in [3.05, 3.63) is 77.1 Å². The molecular formula is C21H23FN2O2. The lowest BCUT2D eigenvalue weighted by atomic mass is 10.1. The number of nitrogens with zero attached hydrogens (tertiary/aromatic N) is 1. The molecule has 136 valence electrons. The molecule has 0 aliphatic heterocycles. The topological polar surface area (TPSA) is 49.4 Å². The highest BCUT2D eigenvalue weighted by molar-refractivity contribution is 5.94. The van der Waals surface area contributed by atoms with Crippen LogP contribution < -0.4 is 5.32 Å². The number of rotatable bonds is 6. The third-order valence-corrected chi connectivity index (χ3v) is 4.06. The van der Waals surface area contributed by atoms with Gasteiger partial charge in [0.25, 0.3) is 5.91 Å². The Balaban J connectivity index is 1.88. The molecule has 4 nitrogen and oxygen atoms in total. The first-order valence-corrected chi connectivity index (χ1v) is 8.44. The number of hydrogen-bond acceptors (Lipinski definition) is 2. The van der Waals surface area contributed by atoms with E-state index in [2.05, 4.69) is 5.32 Å². The molecule has 2 aromatic rings. The van der Waals surface area contributed by atoms with Crippen molar-refractivity contribution in [1.29, 1.82) is 0 Å². The van der Waals surface area contributed by atoms with E-state index in [9.17, 15) is 14.0 Å². The van der Waals surface area contributed by atoms with Crippen molar-refractivity contribution in [3.8, 4) is 0 Å². The summed E-state index contributed by atoms with van der Waals surface area (Å²) >= 11 is 0. The summed E-state index contributed by atoms with van der Waals surface area (Å²) < 4.78 is 12.8. The van der Waals surface area contributed by atoms with Gasteiger partial charge in [-0.1, -0.05) is 24.3 Å². The number of nitrogens with one attached hydrogen (secondary N) is 1. The third-order valence-electron chi connectivity index (χ3n) is 4.06. The molecule has 0 atom stereocenters. The Morgan fingerprint density at radius 1 is 1.08 bits per heavy atom. The van der Waals surface area contributed by atoms with Crippen molar-refractivity contribution in [2.45, 2.75) is 26.4 Å². The molecule has 0 fully saturated rings. The predicted octanol–water partition coefficient (Wildman–Crippen LogP) is 3.64. The monoisotopic (exact) mass is 354 g/mol. The molecule has 0 unspecified atom stereocenters. The van der Waals surface area contributed by atoms with E-state index in [1.54, 1.807) is 42.3 Å². The fourth-order valence-electron chi connectivity index (χ4n) is 2.20. The molecule has 26 heavy (non-hydrogen) atoms. The van der Waals surface area contributed by atoms with Gasteiger partial charge in [-0.3, -0.25) is 9.59 Å². The van der Waals surface area contributed by atoms with Crippen molar-refractivity contribution in [1.82, 2.24) is 10.2 Å². The summed E-state index contributed by atoms with van der Waals surface area (Å²) in [5, 5.41) is 2.78. The molecule has 0 aromatic heterocycles. The van der Waals surface area contributed by atoms with Crippen LogP contribution in [-0.4, -0.2) is 29.8 Å². The fraction of sp³-hybridized carbons (Fsp3) is 0.238. The van der Waals surface area contributed by atoms with Crippen LogP contribution in [0.25, 0.3) is 6.08 Å². The third kappa shape index (κ3) is 5.55. The number of hydrogen-bond donors (Lipinski definition) is 1. The van der Waals surface area contributed by atoms with E-state index >= 15 is 0 Å². The standard InChI is InChI=1S/C21H23FN2O2/c1-15(2)24(3)21(26)18-9-4-17(5-10-18)14-23-20(25)13-8-16-6-11-19(22)12-7-16/h4-13,15H,14H2,1-3H3,(H,23,25)/b13-8+. The second-order valence-corrected chi connectivity index (χ2v) is 6.31. The van der Waals surface area contributed by atoms with Gasteiger partial charge in [-0.15, -0.1) is 0 Å². The number of benzene rings is 2. The SMILES string of the molecule is CC(C)N(C)C(=O)c1ccc(CNC(=O)/C=C/c2ccc(F)cc2)cc1. The Morgan fingerprint density at radius 2 is 1.69 bits per heavy atom. The van der Waals surface area contributed by atoms with Gasteiger partial charge in [-0.25, -0.2) is 4.39 Å². The molecule has 2 rings (SSSR count). The first kappa shape index (κ1) is 19.4. The van der Waals surface area contributed by atoms with Gasteiger partial charge in [0, 0.05) is 31.3 Å². The minimum Gasteiger partial charge on any atom is -0.348 e. The molecular weight excluding hydrogens is 331 g/mol. The highest BCUT2D eigenvalue weighted by atomic mass is 19.1. The van der Waals surface area contributed by atoms with Gasteiger partial charge in [0.1, 0.15) is 5.82 Å². The number of carbonyl (C=O) groups excluding carboxylic acids is 2. The Bertz CT molecular complexity index is 781. The van der Waals surface area contributed by atoms with E-state index in [0.717, 1.165) is 11.1 Å². The molecule has 2 aromatic carbocycles. The zero-order valence-electron chi connectivity index (χ0n) is 15.2. The van der Waals surface area contributed by atoms with E-state index in [4.69, 9.17) is 0 Å². The Labute approximate surface area is 153 Å². The van der Waals surface area contributed by atoms with E-state index in [1.165, 1.54) is 18.2 Å². The summed E-state index contributed by atoms with van der Waals surface area (Å²) in [5.41, 5.74) is 2.27. The smallest absolute Gasteiger partial charge is 0.253 e. The highest BCUT2D eigenvalue weighted by Crippen LogP contribution is 2.09. The lowest BCUT2D eigenvalue weighted by Gasteiger charge is -2.21. The molecule has 0 saturated carbocycles. The molecule has 0 aliphatic rings. The van der Waals surface area contributed by atoms with Gasteiger partial charge < -0.3 is 10.2 Å². The van der Waals surface area contributed by atoms with E-state index < -0.39 is 0 Å². The Kier molecular flexibility index (Phi) is 6.67. The lowest BCUT2D eigenvalue weighted by molar-refractivity contribution is -0.116. The molecule has 0 spiro atoms. The summed E-state index contributed by atoms with van der Waals surface area (Å²) in [6.07, 6.45) is 3.03. The largest absolute Gasteiger partial charge is 0.348 e. The van der Waals surface area contributed by atoms with Crippen molar-refractivity contribution >= 4 is 17.9 Å². The molecule has 0 heterocycles. The first-order chi connectivity index (χ1) is 12.4. The van der Waals surface area contributed by atoms with Gasteiger partial charge >= 0.3 is 0 Å². The summed E-state index contributed by atoms with van der Waals surface area (Å²) in [6.45, 7) is 4.28. The van der Waals surface area contributed by atoms with Crippen LogP contribution in [0, 0.1) is 5.82 Å². The maximum absolute atomic E-state index is 12.8. The summed E-state index contributed by atoms with van der Waals surface area (Å²) in [6, 6.07) is 13.2. The van der Waals surface area contributed by atoms with Crippen LogP contribution in [0.2, 0.25) is 0 Å². The summed E-state index contributed by atoms with van der Waals surface area (Å²) in [5.74, 6) is -0.583. The summed E-state index contributed by atoms with van der Waals surface area (Å²) in [7, 11) is 1.77. The maximum atomic E-state index is 12.8. The maximum Gasteiger partial charge on any atom is 0.253 e. The van der Waals surface area contributed by atoms with Gasteiger partial charge in [0.2, 0.25) is 5.91 Å². The minimum absolute atomic E-state index is 0.0298. The van der Waals surface area contributed by atoms with E-state index in [-0.39, 0.29) is 23.7 Å². The van der Waals surface area contributed by atoms with Crippen molar-refractivity contribution < 1.29 is 14.0 Å². The first-order valence-electron chi connectivity index (χ1n) is 8.44. The molecule has 0 aliphatic carbocycles.